The van der Waals surface area contributed by atoms with Gasteiger partial charge in [0.05, 0.1) is 25.6 Å². The van der Waals surface area contributed by atoms with Crippen molar-refractivity contribution in [1.29, 1.82) is 5.26 Å². The summed E-state index contributed by atoms with van der Waals surface area (Å²) >= 11 is 13.8. The molecule has 2 amide bonds. The second kappa shape index (κ2) is 13.1. The lowest BCUT2D eigenvalue weighted by Gasteiger charge is -2.14. The highest BCUT2D eigenvalue weighted by atomic mass is 127. The number of carbonyl (C=O) groups excluding carboxylic acids is 2. The molecule has 13 heteroatoms. The molecule has 0 aliphatic rings. The molecule has 0 atom stereocenters. The number of carbonyl (C=O) groups is 2. The van der Waals surface area contributed by atoms with E-state index in [-0.39, 0.29) is 35.1 Å². The lowest BCUT2D eigenvalue weighted by Crippen LogP contribution is -2.20. The van der Waals surface area contributed by atoms with Gasteiger partial charge in [0.2, 0.25) is 0 Å². The van der Waals surface area contributed by atoms with Crippen molar-refractivity contribution >= 4 is 80.7 Å². The molecule has 0 spiro atoms. The first kappa shape index (κ1) is 28.7. The van der Waals surface area contributed by atoms with E-state index in [0.29, 0.717) is 24.9 Å². The fourth-order valence-corrected chi connectivity index (χ4v) is 4.16. The first-order chi connectivity index (χ1) is 18.1. The number of benzene rings is 3. The molecule has 0 unspecified atom stereocenters. The van der Waals surface area contributed by atoms with Gasteiger partial charge in [-0.05, 0) is 70.6 Å². The second-order valence-electron chi connectivity index (χ2n) is 7.43. The Kier molecular flexibility index (Phi) is 9.89. The van der Waals surface area contributed by atoms with Gasteiger partial charge in [-0.2, -0.15) is 5.26 Å². The van der Waals surface area contributed by atoms with Crippen molar-refractivity contribution in [3.05, 3.63) is 89.5 Å². The number of anilines is 2. The molecule has 0 fully saturated rings. The number of nitrogens with one attached hydrogen (secondary N) is 2. The number of methoxy groups -OCH3 is 1. The smallest absolute Gasteiger partial charge is 0.271 e. The zero-order valence-corrected chi connectivity index (χ0v) is 23.1. The highest BCUT2D eigenvalue weighted by molar-refractivity contribution is 14.1. The molecule has 0 radical (unpaired) electrons. The number of non-ortho nitro benzene ring substituents is 1. The average molecular weight is 667 g/mol. The van der Waals surface area contributed by atoms with Gasteiger partial charge in [0.15, 0.2) is 18.1 Å². The monoisotopic (exact) mass is 666 g/mol. The molecule has 0 aromatic heterocycles. The molecular weight excluding hydrogens is 650 g/mol. The number of halogens is 3. The Morgan fingerprint density at radius 1 is 1.11 bits per heavy atom. The number of nitriles is 1. The summed E-state index contributed by atoms with van der Waals surface area (Å²) in [4.78, 5) is 35.3. The minimum Gasteiger partial charge on any atom is -0.493 e. The maximum atomic E-state index is 12.6. The summed E-state index contributed by atoms with van der Waals surface area (Å²) in [6.07, 6.45) is 1.33. The van der Waals surface area contributed by atoms with Crippen molar-refractivity contribution in [3.8, 4) is 17.6 Å². The van der Waals surface area contributed by atoms with Gasteiger partial charge in [0.1, 0.15) is 11.6 Å². The Morgan fingerprint density at radius 2 is 1.84 bits per heavy atom. The van der Waals surface area contributed by atoms with E-state index in [1.165, 1.54) is 49.6 Å². The van der Waals surface area contributed by atoms with E-state index in [1.54, 1.807) is 18.2 Å². The van der Waals surface area contributed by atoms with E-state index in [0.717, 1.165) is 0 Å². The summed E-state index contributed by atoms with van der Waals surface area (Å²) in [7, 11) is 1.40. The summed E-state index contributed by atoms with van der Waals surface area (Å²) in [5.74, 6) is -0.646. The fraction of sp³-hybridized carbons (Fsp3) is 0.0800. The van der Waals surface area contributed by atoms with Gasteiger partial charge in [-0.25, -0.2) is 0 Å². The number of amides is 2. The lowest BCUT2D eigenvalue weighted by molar-refractivity contribution is -0.384. The zero-order chi connectivity index (χ0) is 27.8. The van der Waals surface area contributed by atoms with Crippen LogP contribution in [0.1, 0.15) is 5.56 Å². The van der Waals surface area contributed by atoms with E-state index < -0.39 is 16.7 Å². The van der Waals surface area contributed by atoms with Crippen molar-refractivity contribution < 1.29 is 24.0 Å². The Morgan fingerprint density at radius 3 is 2.50 bits per heavy atom. The lowest BCUT2D eigenvalue weighted by atomic mass is 10.1. The molecular formula is C25H17Cl2IN4O6. The molecule has 194 valence electrons. The normalized spacial score (nSPS) is 10.8. The molecule has 0 bridgehead atoms. The highest BCUT2D eigenvalue weighted by Crippen LogP contribution is 2.35. The molecule has 0 saturated carbocycles. The molecule has 38 heavy (non-hydrogen) atoms. The average Bonchev–Trinajstić information content (AvgIpc) is 2.88. The maximum Gasteiger partial charge on any atom is 0.271 e. The summed E-state index contributed by atoms with van der Waals surface area (Å²) in [6, 6.07) is 15.0. The third-order valence-corrected chi connectivity index (χ3v) is 6.33. The molecule has 3 aromatic rings. The summed E-state index contributed by atoms with van der Waals surface area (Å²) < 4.78 is 11.6. The largest absolute Gasteiger partial charge is 0.493 e. The number of nitrogens with zero attached hydrogens (tertiary/aromatic N) is 2. The Labute approximate surface area is 240 Å². The Hall–Kier alpha value is -3.86. The third-order valence-electron chi connectivity index (χ3n) is 4.79. The number of nitro groups is 1. The molecule has 2 N–H and O–H groups in total. The first-order valence-electron chi connectivity index (χ1n) is 10.5. The van der Waals surface area contributed by atoms with E-state index in [1.807, 2.05) is 28.7 Å². The maximum absolute atomic E-state index is 12.6. The van der Waals surface area contributed by atoms with E-state index in [2.05, 4.69) is 10.6 Å². The van der Waals surface area contributed by atoms with Gasteiger partial charge in [0, 0.05) is 23.5 Å². The number of ether oxygens (including phenoxy) is 2. The second-order valence-corrected chi connectivity index (χ2v) is 9.41. The van der Waals surface area contributed by atoms with Crippen molar-refractivity contribution in [2.75, 3.05) is 24.4 Å². The van der Waals surface area contributed by atoms with Crippen LogP contribution >= 0.6 is 45.8 Å². The minimum atomic E-state index is -0.749. The van der Waals surface area contributed by atoms with Crippen LogP contribution in [0, 0.1) is 25.0 Å². The Bertz CT molecular complexity index is 1490. The van der Waals surface area contributed by atoms with Crippen LogP contribution in [0.5, 0.6) is 11.5 Å². The van der Waals surface area contributed by atoms with Crippen LogP contribution in [0.15, 0.2) is 60.2 Å². The van der Waals surface area contributed by atoms with Gasteiger partial charge in [-0.1, -0.05) is 29.3 Å². The predicted octanol–water partition coefficient (Wildman–Crippen LogP) is 6.08. The van der Waals surface area contributed by atoms with Crippen molar-refractivity contribution in [1.82, 2.24) is 0 Å². The van der Waals surface area contributed by atoms with Crippen LogP contribution in [-0.2, 0) is 9.59 Å². The molecule has 10 nitrogen and oxygen atoms in total. The van der Waals surface area contributed by atoms with Crippen LogP contribution in [0.4, 0.5) is 17.1 Å². The SMILES string of the molecule is COc1cc(/C=C(/C#N)C(=O)Nc2cccc([N+](=O)[O-])c2)cc(I)c1OCC(=O)Nc1ccc(Cl)c(Cl)c1. The minimum absolute atomic E-state index is 0.167. The van der Waals surface area contributed by atoms with Crippen molar-refractivity contribution in [3.63, 3.8) is 0 Å². The van der Waals surface area contributed by atoms with Gasteiger partial charge < -0.3 is 20.1 Å². The highest BCUT2D eigenvalue weighted by Gasteiger charge is 2.16. The third kappa shape index (κ3) is 7.58. The molecule has 0 aliphatic carbocycles. The van der Waals surface area contributed by atoms with Gasteiger partial charge in [-0.15, -0.1) is 0 Å². The molecule has 0 heterocycles. The number of hydrogen-bond acceptors (Lipinski definition) is 7. The molecule has 0 saturated heterocycles. The van der Waals surface area contributed by atoms with E-state index >= 15 is 0 Å². The van der Waals surface area contributed by atoms with E-state index in [9.17, 15) is 25.0 Å². The first-order valence-corrected chi connectivity index (χ1v) is 12.4. The van der Waals surface area contributed by atoms with Crippen LogP contribution in [0.3, 0.4) is 0 Å². The van der Waals surface area contributed by atoms with E-state index in [4.69, 9.17) is 32.7 Å². The molecule has 3 rings (SSSR count). The van der Waals surface area contributed by atoms with Gasteiger partial charge in [0.25, 0.3) is 17.5 Å². The predicted molar refractivity (Wildman–Crippen MR) is 152 cm³/mol. The van der Waals surface area contributed by atoms with Crippen molar-refractivity contribution in [2.24, 2.45) is 0 Å². The van der Waals surface area contributed by atoms with Gasteiger partial charge in [-0.3, -0.25) is 19.7 Å². The van der Waals surface area contributed by atoms with Crippen LogP contribution in [0.2, 0.25) is 10.0 Å². The van der Waals surface area contributed by atoms with Crippen molar-refractivity contribution in [2.45, 2.75) is 0 Å². The summed E-state index contributed by atoms with van der Waals surface area (Å²) in [6.45, 7) is -0.336. The zero-order valence-electron chi connectivity index (χ0n) is 19.5. The quantitative estimate of drug-likeness (QED) is 0.0926. The Balaban J connectivity index is 1.74. The number of rotatable bonds is 9. The summed E-state index contributed by atoms with van der Waals surface area (Å²) in [5, 5.41) is 26.2. The summed E-state index contributed by atoms with van der Waals surface area (Å²) in [5.41, 5.74) is 0.613. The number of nitro benzene ring substituents is 1. The molecule has 0 aliphatic heterocycles. The van der Waals surface area contributed by atoms with Crippen LogP contribution < -0.4 is 20.1 Å². The topological polar surface area (TPSA) is 144 Å². The van der Waals surface area contributed by atoms with Crippen LogP contribution in [-0.4, -0.2) is 30.5 Å². The van der Waals surface area contributed by atoms with Gasteiger partial charge >= 0.3 is 0 Å². The molecule has 3 aromatic carbocycles. The van der Waals surface area contributed by atoms with Crippen LogP contribution in [0.25, 0.3) is 6.08 Å². The standard InChI is InChI=1S/C25H17Cl2IN4O6/c1-37-22-9-14(7-15(12-29)25(34)31-16-3-2-4-18(10-16)32(35)36)8-21(28)24(22)38-13-23(33)30-17-5-6-19(26)20(27)11-17/h2-11H,13H2,1H3,(H,30,33)(H,31,34)/b15-7-. The number of hydrogen-bond donors (Lipinski definition) is 2. The fourth-order valence-electron chi connectivity index (χ4n) is 3.08.